The van der Waals surface area contributed by atoms with Crippen LogP contribution in [0, 0.1) is 22.7 Å². The minimum Gasteiger partial charge on any atom is -0.360 e. The maximum atomic E-state index is 8.55. The molecule has 1 heterocycles. The van der Waals surface area contributed by atoms with Crippen molar-refractivity contribution >= 4 is 16.6 Å². The van der Waals surface area contributed by atoms with E-state index in [-0.39, 0.29) is 5.57 Å². The van der Waals surface area contributed by atoms with Gasteiger partial charge in [0.15, 0.2) is 0 Å². The van der Waals surface area contributed by atoms with Crippen LogP contribution in [0.1, 0.15) is 0 Å². The van der Waals surface area contributed by atoms with E-state index in [0.717, 1.165) is 16.6 Å². The second-order valence-electron chi connectivity index (χ2n) is 3.10. The SMILES string of the molecule is N#CC(C#N)=CNc1ccc2cn[nH]c2c1. The summed E-state index contributed by atoms with van der Waals surface area (Å²) in [5, 5.41) is 27.7. The molecule has 0 aliphatic carbocycles. The van der Waals surface area contributed by atoms with Gasteiger partial charge in [0, 0.05) is 17.3 Å². The molecule has 0 unspecified atom stereocenters. The Hall–Kier alpha value is -2.79. The van der Waals surface area contributed by atoms with Crippen LogP contribution in [0.25, 0.3) is 10.9 Å². The number of aromatic amines is 1. The zero-order valence-corrected chi connectivity index (χ0v) is 8.23. The van der Waals surface area contributed by atoms with Gasteiger partial charge >= 0.3 is 0 Å². The zero-order valence-electron chi connectivity index (χ0n) is 8.23. The van der Waals surface area contributed by atoms with Crippen LogP contribution in [0.4, 0.5) is 5.69 Å². The molecule has 0 bridgehead atoms. The average Bonchev–Trinajstić information content (AvgIpc) is 2.77. The van der Waals surface area contributed by atoms with Crippen LogP contribution < -0.4 is 5.32 Å². The number of allylic oxidation sites excluding steroid dienone is 1. The highest BCUT2D eigenvalue weighted by Gasteiger charge is 1.97. The topological polar surface area (TPSA) is 88.3 Å². The normalized spacial score (nSPS) is 9.12. The van der Waals surface area contributed by atoms with Crippen LogP contribution >= 0.6 is 0 Å². The van der Waals surface area contributed by atoms with Gasteiger partial charge in [-0.3, -0.25) is 5.10 Å². The van der Waals surface area contributed by atoms with Crippen LogP contribution in [0.15, 0.2) is 36.2 Å². The second-order valence-corrected chi connectivity index (χ2v) is 3.10. The highest BCUT2D eigenvalue weighted by Crippen LogP contribution is 2.16. The maximum absolute atomic E-state index is 8.55. The Bertz CT molecular complexity index is 608. The van der Waals surface area contributed by atoms with Crippen molar-refractivity contribution in [3.8, 4) is 12.1 Å². The number of benzene rings is 1. The van der Waals surface area contributed by atoms with Gasteiger partial charge in [0.25, 0.3) is 0 Å². The monoisotopic (exact) mass is 209 g/mol. The highest BCUT2D eigenvalue weighted by atomic mass is 15.1. The molecule has 16 heavy (non-hydrogen) atoms. The van der Waals surface area contributed by atoms with Gasteiger partial charge in [0.2, 0.25) is 0 Å². The molecule has 1 aromatic heterocycles. The van der Waals surface area contributed by atoms with E-state index in [4.69, 9.17) is 10.5 Å². The van der Waals surface area contributed by atoms with Crippen LogP contribution in [-0.2, 0) is 0 Å². The molecule has 76 valence electrons. The lowest BCUT2D eigenvalue weighted by atomic mass is 10.2. The Morgan fingerprint density at radius 3 is 2.94 bits per heavy atom. The summed E-state index contributed by atoms with van der Waals surface area (Å²) in [5.74, 6) is 0. The summed E-state index contributed by atoms with van der Waals surface area (Å²) in [6.45, 7) is 0. The lowest BCUT2D eigenvalue weighted by Gasteiger charge is -1.99. The van der Waals surface area contributed by atoms with Crippen molar-refractivity contribution in [1.29, 1.82) is 10.5 Å². The number of rotatable bonds is 2. The molecular weight excluding hydrogens is 202 g/mol. The van der Waals surface area contributed by atoms with E-state index < -0.39 is 0 Å². The molecule has 0 aliphatic rings. The fraction of sp³-hybridized carbons (Fsp3) is 0. The van der Waals surface area contributed by atoms with Crippen molar-refractivity contribution in [2.45, 2.75) is 0 Å². The third-order valence-corrected chi connectivity index (χ3v) is 2.07. The first-order chi connectivity index (χ1) is 7.83. The summed E-state index contributed by atoms with van der Waals surface area (Å²) in [7, 11) is 0. The van der Waals surface area contributed by atoms with Gasteiger partial charge in [-0.1, -0.05) is 0 Å². The molecule has 0 fully saturated rings. The van der Waals surface area contributed by atoms with Gasteiger partial charge in [0.1, 0.15) is 17.7 Å². The van der Waals surface area contributed by atoms with E-state index in [2.05, 4.69) is 15.5 Å². The zero-order chi connectivity index (χ0) is 11.4. The van der Waals surface area contributed by atoms with Gasteiger partial charge in [0.05, 0.1) is 11.7 Å². The Morgan fingerprint density at radius 2 is 2.19 bits per heavy atom. The smallest absolute Gasteiger partial charge is 0.145 e. The maximum Gasteiger partial charge on any atom is 0.145 e. The van der Waals surface area contributed by atoms with E-state index in [1.54, 1.807) is 18.3 Å². The third-order valence-electron chi connectivity index (χ3n) is 2.07. The van der Waals surface area contributed by atoms with Crippen LogP contribution in [-0.4, -0.2) is 10.2 Å². The number of fused-ring (bicyclic) bond motifs is 1. The van der Waals surface area contributed by atoms with Gasteiger partial charge in [-0.05, 0) is 18.2 Å². The molecule has 0 spiro atoms. The van der Waals surface area contributed by atoms with Gasteiger partial charge in [-0.2, -0.15) is 15.6 Å². The number of nitrogens with zero attached hydrogens (tertiary/aromatic N) is 3. The van der Waals surface area contributed by atoms with Crippen molar-refractivity contribution in [1.82, 2.24) is 10.2 Å². The van der Waals surface area contributed by atoms with Crippen molar-refractivity contribution in [2.75, 3.05) is 5.32 Å². The van der Waals surface area contributed by atoms with Crippen LogP contribution in [0.2, 0.25) is 0 Å². The third kappa shape index (κ3) is 1.84. The standard InChI is InChI=1S/C11H7N5/c12-4-8(5-13)6-14-10-2-1-9-7-15-16-11(9)3-10/h1-3,6-7,14H,(H,15,16). The molecule has 0 radical (unpaired) electrons. The average molecular weight is 209 g/mol. The molecule has 2 rings (SSSR count). The number of hydrogen-bond donors (Lipinski definition) is 2. The van der Waals surface area contributed by atoms with Crippen LogP contribution in [0.5, 0.6) is 0 Å². The molecule has 0 aliphatic heterocycles. The fourth-order valence-corrected chi connectivity index (χ4v) is 1.27. The molecule has 1 aromatic carbocycles. The quantitative estimate of drug-likeness (QED) is 0.739. The molecule has 5 nitrogen and oxygen atoms in total. The molecule has 2 N–H and O–H groups in total. The van der Waals surface area contributed by atoms with E-state index >= 15 is 0 Å². The highest BCUT2D eigenvalue weighted by molar-refractivity contribution is 5.81. The predicted molar refractivity (Wildman–Crippen MR) is 59.0 cm³/mol. The van der Waals surface area contributed by atoms with E-state index in [0.29, 0.717) is 0 Å². The van der Waals surface area contributed by atoms with Gasteiger partial charge in [-0.25, -0.2) is 0 Å². The fourth-order valence-electron chi connectivity index (χ4n) is 1.27. The lowest BCUT2D eigenvalue weighted by Crippen LogP contribution is -1.89. The Balaban J connectivity index is 2.26. The predicted octanol–water partition coefficient (Wildman–Crippen LogP) is 1.91. The molecule has 0 saturated carbocycles. The Morgan fingerprint density at radius 1 is 1.38 bits per heavy atom. The number of nitriles is 2. The molecule has 0 saturated heterocycles. The number of nitrogens with one attached hydrogen (secondary N) is 2. The molecule has 0 amide bonds. The van der Waals surface area contributed by atoms with Gasteiger partial charge < -0.3 is 5.32 Å². The minimum absolute atomic E-state index is 0.0321. The van der Waals surface area contributed by atoms with Crippen molar-refractivity contribution in [2.24, 2.45) is 0 Å². The second kappa shape index (κ2) is 4.16. The van der Waals surface area contributed by atoms with E-state index in [1.807, 2.05) is 18.2 Å². The van der Waals surface area contributed by atoms with Crippen molar-refractivity contribution in [3.63, 3.8) is 0 Å². The minimum atomic E-state index is 0.0321. The number of H-pyrrole nitrogens is 1. The van der Waals surface area contributed by atoms with Crippen molar-refractivity contribution in [3.05, 3.63) is 36.2 Å². The van der Waals surface area contributed by atoms with E-state index in [1.165, 1.54) is 6.20 Å². The van der Waals surface area contributed by atoms with Crippen molar-refractivity contribution < 1.29 is 0 Å². The summed E-state index contributed by atoms with van der Waals surface area (Å²) in [4.78, 5) is 0. The summed E-state index contributed by atoms with van der Waals surface area (Å²) in [6, 6.07) is 9.14. The largest absolute Gasteiger partial charge is 0.360 e. The molecule has 5 heteroatoms. The Kier molecular flexibility index (Phi) is 2.53. The van der Waals surface area contributed by atoms with Gasteiger partial charge in [-0.15, -0.1) is 0 Å². The molecule has 2 aromatic rings. The number of aromatic nitrogens is 2. The lowest BCUT2D eigenvalue weighted by molar-refractivity contribution is 1.12. The molecular formula is C11H7N5. The number of anilines is 1. The first kappa shape index (κ1) is 9.75. The Labute approximate surface area is 91.6 Å². The summed E-state index contributed by atoms with van der Waals surface area (Å²) in [5.41, 5.74) is 1.72. The first-order valence-electron chi connectivity index (χ1n) is 4.53. The molecule has 0 atom stereocenters. The van der Waals surface area contributed by atoms with E-state index in [9.17, 15) is 0 Å². The van der Waals surface area contributed by atoms with Crippen LogP contribution in [0.3, 0.4) is 0 Å². The summed E-state index contributed by atoms with van der Waals surface area (Å²) < 4.78 is 0. The summed E-state index contributed by atoms with van der Waals surface area (Å²) >= 11 is 0. The summed E-state index contributed by atoms with van der Waals surface area (Å²) in [6.07, 6.45) is 3.10. The number of hydrogen-bond acceptors (Lipinski definition) is 4. The first-order valence-corrected chi connectivity index (χ1v) is 4.53.